The van der Waals surface area contributed by atoms with Crippen molar-refractivity contribution in [3.8, 4) is 0 Å². The van der Waals surface area contributed by atoms with E-state index >= 15 is 0 Å². The van der Waals surface area contributed by atoms with Crippen LogP contribution in [0.5, 0.6) is 0 Å². The first-order valence-corrected chi connectivity index (χ1v) is 12.7. The van der Waals surface area contributed by atoms with Crippen molar-refractivity contribution in [2.75, 3.05) is 11.9 Å². The lowest BCUT2D eigenvalue weighted by Crippen LogP contribution is -2.31. The predicted octanol–water partition coefficient (Wildman–Crippen LogP) is 4.55. The molecule has 0 saturated carbocycles. The minimum atomic E-state index is -3.71. The second-order valence-electron chi connectivity index (χ2n) is 8.27. The van der Waals surface area contributed by atoms with Crippen LogP contribution in [0.3, 0.4) is 0 Å². The molecule has 1 unspecified atom stereocenters. The van der Waals surface area contributed by atoms with Crippen molar-refractivity contribution < 1.29 is 13.2 Å². The largest absolute Gasteiger partial charge is 0.320 e. The van der Waals surface area contributed by atoms with Crippen LogP contribution in [0, 0.1) is 27.7 Å². The van der Waals surface area contributed by atoms with Crippen molar-refractivity contribution >= 4 is 33.0 Å². The molecule has 9 heteroatoms. The SMILES string of the molecule is Cc1ccc(NC(=O)c2nnc(C3CCCN3S(=O)(=O)c3c(C)cc(C)cc3C)s2)cc1. The van der Waals surface area contributed by atoms with Crippen molar-refractivity contribution in [3.63, 3.8) is 0 Å². The van der Waals surface area contributed by atoms with Crippen LogP contribution < -0.4 is 5.32 Å². The lowest BCUT2D eigenvalue weighted by atomic mass is 10.1. The summed E-state index contributed by atoms with van der Waals surface area (Å²) in [5, 5.41) is 11.8. The number of benzene rings is 2. The summed E-state index contributed by atoms with van der Waals surface area (Å²) in [5.74, 6) is -0.352. The first-order valence-electron chi connectivity index (χ1n) is 10.5. The number of amides is 1. The standard InChI is InChI=1S/C23H26N4O3S2/c1-14-7-9-18(10-8-14)24-21(28)23-26-25-22(31-23)19-6-5-11-27(19)32(29,30)20-16(3)12-15(2)13-17(20)4/h7-10,12-13,19H,5-6,11H2,1-4H3,(H,24,28). The van der Waals surface area contributed by atoms with E-state index in [-0.39, 0.29) is 10.9 Å². The van der Waals surface area contributed by atoms with Crippen molar-refractivity contribution in [1.82, 2.24) is 14.5 Å². The molecule has 1 atom stereocenters. The van der Waals surface area contributed by atoms with Crippen LogP contribution in [0.25, 0.3) is 0 Å². The Labute approximate surface area is 192 Å². The Kier molecular flexibility index (Phi) is 6.15. The van der Waals surface area contributed by atoms with Crippen LogP contribution in [-0.2, 0) is 10.0 Å². The fourth-order valence-electron chi connectivity index (χ4n) is 4.25. The topological polar surface area (TPSA) is 92.3 Å². The summed E-state index contributed by atoms with van der Waals surface area (Å²) in [4.78, 5) is 13.0. The lowest BCUT2D eigenvalue weighted by Gasteiger charge is -2.24. The van der Waals surface area contributed by atoms with Gasteiger partial charge in [-0.15, -0.1) is 10.2 Å². The predicted molar refractivity (Wildman–Crippen MR) is 126 cm³/mol. The second-order valence-corrected chi connectivity index (χ2v) is 11.1. The van der Waals surface area contributed by atoms with Crippen LogP contribution in [0.2, 0.25) is 0 Å². The van der Waals surface area contributed by atoms with Gasteiger partial charge in [-0.2, -0.15) is 4.31 Å². The summed E-state index contributed by atoms with van der Waals surface area (Å²) in [6, 6.07) is 10.8. The maximum absolute atomic E-state index is 13.6. The lowest BCUT2D eigenvalue weighted by molar-refractivity contribution is 0.102. The molecule has 1 aliphatic heterocycles. The molecule has 0 aliphatic carbocycles. The van der Waals surface area contributed by atoms with E-state index in [1.54, 1.807) is 0 Å². The molecule has 0 bridgehead atoms. The molecule has 1 aliphatic rings. The Hall–Kier alpha value is -2.62. The summed E-state index contributed by atoms with van der Waals surface area (Å²) < 4.78 is 28.7. The molecule has 168 valence electrons. The van der Waals surface area contributed by atoms with Gasteiger partial charge < -0.3 is 5.32 Å². The molecule has 1 saturated heterocycles. The molecular weight excluding hydrogens is 444 g/mol. The third kappa shape index (κ3) is 4.32. The minimum absolute atomic E-state index is 0.215. The number of nitrogens with one attached hydrogen (secondary N) is 1. The van der Waals surface area contributed by atoms with Gasteiger partial charge in [0.2, 0.25) is 15.0 Å². The molecule has 1 N–H and O–H groups in total. The zero-order chi connectivity index (χ0) is 23.0. The van der Waals surface area contributed by atoms with Gasteiger partial charge in [0.1, 0.15) is 5.01 Å². The highest BCUT2D eigenvalue weighted by atomic mass is 32.2. The van der Waals surface area contributed by atoms with E-state index in [4.69, 9.17) is 0 Å². The Balaban J connectivity index is 1.59. The summed E-state index contributed by atoms with van der Waals surface area (Å²) in [6.45, 7) is 8.01. The second kappa shape index (κ2) is 8.73. The number of hydrogen-bond acceptors (Lipinski definition) is 6. The van der Waals surface area contributed by atoms with E-state index in [0.29, 0.717) is 28.6 Å². The van der Waals surface area contributed by atoms with Gasteiger partial charge in [0.15, 0.2) is 0 Å². The van der Waals surface area contributed by atoms with Gasteiger partial charge in [-0.05, 0) is 63.8 Å². The molecular formula is C23H26N4O3S2. The van der Waals surface area contributed by atoms with Gasteiger partial charge in [-0.25, -0.2) is 8.42 Å². The molecule has 32 heavy (non-hydrogen) atoms. The van der Waals surface area contributed by atoms with Gasteiger partial charge in [0.25, 0.3) is 5.91 Å². The molecule has 7 nitrogen and oxygen atoms in total. The van der Waals surface area contributed by atoms with E-state index in [9.17, 15) is 13.2 Å². The van der Waals surface area contributed by atoms with Crippen molar-refractivity contribution in [2.45, 2.75) is 51.5 Å². The van der Waals surface area contributed by atoms with Crippen LogP contribution in [0.1, 0.15) is 55.9 Å². The highest BCUT2D eigenvalue weighted by Gasteiger charge is 2.39. The van der Waals surface area contributed by atoms with Gasteiger partial charge >= 0.3 is 0 Å². The highest BCUT2D eigenvalue weighted by molar-refractivity contribution is 7.89. The average Bonchev–Trinajstić information content (AvgIpc) is 3.38. The van der Waals surface area contributed by atoms with Gasteiger partial charge in [-0.1, -0.05) is 46.7 Å². The Bertz CT molecular complexity index is 1240. The Morgan fingerprint density at radius 3 is 2.34 bits per heavy atom. The maximum atomic E-state index is 13.6. The number of anilines is 1. The first kappa shape index (κ1) is 22.6. The van der Waals surface area contributed by atoms with Crippen LogP contribution in [-0.4, -0.2) is 35.4 Å². The highest BCUT2D eigenvalue weighted by Crippen LogP contribution is 2.39. The van der Waals surface area contributed by atoms with E-state index in [1.165, 1.54) is 4.31 Å². The molecule has 1 amide bonds. The minimum Gasteiger partial charge on any atom is -0.320 e. The molecule has 3 aromatic rings. The zero-order valence-corrected chi connectivity index (χ0v) is 20.2. The third-order valence-corrected chi connectivity index (χ3v) is 8.84. The number of hydrogen-bond donors (Lipinski definition) is 1. The summed E-state index contributed by atoms with van der Waals surface area (Å²) in [7, 11) is -3.71. The number of aryl methyl sites for hydroxylation is 4. The number of carbonyl (C=O) groups is 1. The number of nitrogens with zero attached hydrogens (tertiary/aromatic N) is 3. The fourth-order valence-corrected chi connectivity index (χ4v) is 7.28. The number of aromatic nitrogens is 2. The van der Waals surface area contributed by atoms with Crippen LogP contribution in [0.15, 0.2) is 41.3 Å². The van der Waals surface area contributed by atoms with E-state index in [0.717, 1.165) is 40.0 Å². The quantitative estimate of drug-likeness (QED) is 0.591. The molecule has 1 aromatic heterocycles. The zero-order valence-electron chi connectivity index (χ0n) is 18.5. The molecule has 2 aromatic carbocycles. The fraction of sp³-hybridized carbons (Fsp3) is 0.348. The van der Waals surface area contributed by atoms with Crippen molar-refractivity contribution in [2.24, 2.45) is 0 Å². The molecule has 0 radical (unpaired) electrons. The van der Waals surface area contributed by atoms with E-state index in [1.807, 2.05) is 64.1 Å². The normalized spacial score (nSPS) is 16.9. The number of carbonyl (C=O) groups excluding carboxylic acids is 1. The van der Waals surface area contributed by atoms with Gasteiger partial charge in [0, 0.05) is 12.2 Å². The molecule has 1 fully saturated rings. The first-order chi connectivity index (χ1) is 15.2. The number of rotatable bonds is 5. The molecule has 0 spiro atoms. The van der Waals surface area contributed by atoms with Crippen LogP contribution in [0.4, 0.5) is 5.69 Å². The maximum Gasteiger partial charge on any atom is 0.286 e. The van der Waals surface area contributed by atoms with Crippen molar-refractivity contribution in [1.29, 1.82) is 0 Å². The Morgan fingerprint density at radius 1 is 1.03 bits per heavy atom. The van der Waals surface area contributed by atoms with Crippen LogP contribution >= 0.6 is 11.3 Å². The summed E-state index contributed by atoms with van der Waals surface area (Å²) in [5.41, 5.74) is 4.29. The smallest absolute Gasteiger partial charge is 0.286 e. The summed E-state index contributed by atoms with van der Waals surface area (Å²) >= 11 is 1.15. The Morgan fingerprint density at radius 2 is 1.69 bits per heavy atom. The monoisotopic (exact) mass is 470 g/mol. The van der Waals surface area contributed by atoms with Gasteiger partial charge in [-0.3, -0.25) is 4.79 Å². The number of sulfonamides is 1. The van der Waals surface area contributed by atoms with E-state index < -0.39 is 16.1 Å². The molecule has 2 heterocycles. The summed E-state index contributed by atoms with van der Waals surface area (Å²) in [6.07, 6.45) is 1.38. The van der Waals surface area contributed by atoms with Crippen molar-refractivity contribution in [3.05, 3.63) is 68.7 Å². The van der Waals surface area contributed by atoms with E-state index in [2.05, 4.69) is 15.5 Å². The molecule has 4 rings (SSSR count). The third-order valence-electron chi connectivity index (χ3n) is 5.60. The van der Waals surface area contributed by atoms with Gasteiger partial charge in [0.05, 0.1) is 10.9 Å². The average molecular weight is 471 g/mol.